The number of rotatable bonds is 5. The van der Waals surface area contributed by atoms with Gasteiger partial charge < -0.3 is 15.2 Å². The van der Waals surface area contributed by atoms with E-state index in [0.29, 0.717) is 18.8 Å². The topological polar surface area (TPSA) is 44.5 Å². The highest BCUT2D eigenvalue weighted by atomic mass is 19.4. The molecule has 0 atom stereocenters. The van der Waals surface area contributed by atoms with Gasteiger partial charge in [0.05, 0.1) is 6.61 Å². The Morgan fingerprint density at radius 2 is 1.64 bits per heavy atom. The van der Waals surface area contributed by atoms with Crippen LogP contribution in [0.15, 0.2) is 18.2 Å². The second kappa shape index (κ2) is 6.36. The van der Waals surface area contributed by atoms with Crippen LogP contribution in [0.1, 0.15) is 46.6 Å². The molecule has 0 saturated heterocycles. The molecule has 0 bridgehead atoms. The van der Waals surface area contributed by atoms with Crippen LogP contribution < -0.4 is 15.2 Å². The van der Waals surface area contributed by atoms with Crippen molar-refractivity contribution in [3.63, 3.8) is 0 Å². The van der Waals surface area contributed by atoms with E-state index in [9.17, 15) is 13.2 Å². The fraction of sp³-hybridized carbons (Fsp3) is 0.625. The van der Waals surface area contributed by atoms with E-state index in [1.54, 1.807) is 6.07 Å². The lowest BCUT2D eigenvalue weighted by molar-refractivity contribution is -0.274. The summed E-state index contributed by atoms with van der Waals surface area (Å²) in [4.78, 5) is 0. The molecule has 6 heteroatoms. The van der Waals surface area contributed by atoms with Crippen LogP contribution in [0, 0.1) is 0 Å². The summed E-state index contributed by atoms with van der Waals surface area (Å²) in [5.41, 5.74) is 6.04. The zero-order valence-electron chi connectivity index (χ0n) is 13.7. The molecular formula is C16H24F3NO2. The molecule has 0 spiro atoms. The molecule has 0 amide bonds. The molecule has 126 valence electrons. The fourth-order valence-corrected chi connectivity index (χ4v) is 1.86. The maximum Gasteiger partial charge on any atom is 0.573 e. The van der Waals surface area contributed by atoms with E-state index in [4.69, 9.17) is 10.5 Å². The summed E-state index contributed by atoms with van der Waals surface area (Å²) >= 11 is 0. The Bertz CT molecular complexity index is 500. The summed E-state index contributed by atoms with van der Waals surface area (Å²) in [7, 11) is 0. The van der Waals surface area contributed by atoms with Crippen LogP contribution in [0.3, 0.4) is 0 Å². The van der Waals surface area contributed by atoms with Crippen LogP contribution in [0.5, 0.6) is 11.5 Å². The van der Waals surface area contributed by atoms with Crippen molar-refractivity contribution < 1.29 is 22.6 Å². The van der Waals surface area contributed by atoms with E-state index < -0.39 is 11.9 Å². The van der Waals surface area contributed by atoms with E-state index in [1.165, 1.54) is 12.1 Å². The summed E-state index contributed by atoms with van der Waals surface area (Å²) < 4.78 is 46.6. The number of alkyl halides is 3. The van der Waals surface area contributed by atoms with Crippen LogP contribution >= 0.6 is 0 Å². The summed E-state index contributed by atoms with van der Waals surface area (Å²) in [5.74, 6) is 0.0982. The second-order valence-corrected chi connectivity index (χ2v) is 7.04. The first-order chi connectivity index (χ1) is 9.78. The van der Waals surface area contributed by atoms with Crippen LogP contribution in [0.4, 0.5) is 13.2 Å². The van der Waals surface area contributed by atoms with Crippen LogP contribution in [0.25, 0.3) is 0 Å². The van der Waals surface area contributed by atoms with Crippen molar-refractivity contribution in [2.75, 3.05) is 6.61 Å². The van der Waals surface area contributed by atoms with Gasteiger partial charge in [0, 0.05) is 11.6 Å². The minimum Gasteiger partial charge on any atom is -0.493 e. The lowest BCUT2D eigenvalue weighted by Gasteiger charge is -2.25. The van der Waals surface area contributed by atoms with Gasteiger partial charge in [0.15, 0.2) is 0 Å². The molecule has 0 unspecified atom stereocenters. The average Bonchev–Trinajstić information content (AvgIpc) is 2.23. The van der Waals surface area contributed by atoms with Gasteiger partial charge in [-0.3, -0.25) is 0 Å². The lowest BCUT2D eigenvalue weighted by atomic mass is 9.86. The minimum absolute atomic E-state index is 0.260. The third-order valence-electron chi connectivity index (χ3n) is 3.00. The highest BCUT2D eigenvalue weighted by molar-refractivity contribution is 5.44. The van der Waals surface area contributed by atoms with Crippen molar-refractivity contribution in [1.82, 2.24) is 0 Å². The molecular weight excluding hydrogens is 295 g/mol. The number of nitrogens with two attached hydrogens (primary N) is 1. The van der Waals surface area contributed by atoms with Gasteiger partial charge in [-0.25, -0.2) is 0 Å². The molecule has 0 saturated carbocycles. The van der Waals surface area contributed by atoms with Crippen molar-refractivity contribution in [3.8, 4) is 11.5 Å². The maximum absolute atomic E-state index is 12.3. The third-order valence-corrected chi connectivity index (χ3v) is 3.00. The van der Waals surface area contributed by atoms with E-state index >= 15 is 0 Å². The van der Waals surface area contributed by atoms with Gasteiger partial charge >= 0.3 is 6.36 Å². The quantitative estimate of drug-likeness (QED) is 0.875. The van der Waals surface area contributed by atoms with Crippen molar-refractivity contribution in [3.05, 3.63) is 23.8 Å². The SMILES string of the molecule is CC(C)(N)CCOc1cc(OC(F)(F)F)ccc1C(C)(C)C. The predicted octanol–water partition coefficient (Wildman–Crippen LogP) is 4.39. The molecule has 1 aromatic rings. The monoisotopic (exact) mass is 319 g/mol. The lowest BCUT2D eigenvalue weighted by Crippen LogP contribution is -2.33. The van der Waals surface area contributed by atoms with Gasteiger partial charge in [0.1, 0.15) is 11.5 Å². The molecule has 0 aliphatic rings. The van der Waals surface area contributed by atoms with Gasteiger partial charge in [-0.15, -0.1) is 13.2 Å². The zero-order valence-corrected chi connectivity index (χ0v) is 13.7. The molecule has 1 rings (SSSR count). The zero-order chi connectivity index (χ0) is 17.2. The smallest absolute Gasteiger partial charge is 0.493 e. The molecule has 0 heterocycles. The Morgan fingerprint density at radius 1 is 1.05 bits per heavy atom. The molecule has 0 radical (unpaired) electrons. The van der Waals surface area contributed by atoms with Gasteiger partial charge in [-0.05, 0) is 37.3 Å². The number of hydrogen-bond donors (Lipinski definition) is 1. The normalized spacial score (nSPS) is 13.1. The van der Waals surface area contributed by atoms with Gasteiger partial charge in [0.25, 0.3) is 0 Å². The number of ether oxygens (including phenoxy) is 2. The summed E-state index contributed by atoms with van der Waals surface area (Å²) in [6.45, 7) is 9.95. The van der Waals surface area contributed by atoms with Gasteiger partial charge in [-0.1, -0.05) is 26.8 Å². The molecule has 0 aliphatic heterocycles. The van der Waals surface area contributed by atoms with Crippen LogP contribution in [0.2, 0.25) is 0 Å². The first-order valence-electron chi connectivity index (χ1n) is 7.10. The van der Waals surface area contributed by atoms with Crippen molar-refractivity contribution >= 4 is 0 Å². The molecule has 0 aromatic heterocycles. The Kier molecular flexibility index (Phi) is 5.38. The molecule has 1 aromatic carbocycles. The molecule has 0 fully saturated rings. The van der Waals surface area contributed by atoms with E-state index in [2.05, 4.69) is 4.74 Å². The van der Waals surface area contributed by atoms with E-state index in [0.717, 1.165) is 5.56 Å². The first-order valence-corrected chi connectivity index (χ1v) is 7.10. The summed E-state index contributed by atoms with van der Waals surface area (Å²) in [5, 5.41) is 0. The van der Waals surface area contributed by atoms with E-state index in [1.807, 2.05) is 34.6 Å². The highest BCUT2D eigenvalue weighted by Gasteiger charge is 2.32. The van der Waals surface area contributed by atoms with E-state index in [-0.39, 0.29) is 11.2 Å². The highest BCUT2D eigenvalue weighted by Crippen LogP contribution is 2.36. The largest absolute Gasteiger partial charge is 0.573 e. The fourth-order valence-electron chi connectivity index (χ4n) is 1.86. The van der Waals surface area contributed by atoms with Gasteiger partial charge in [0.2, 0.25) is 0 Å². The third kappa shape index (κ3) is 6.56. The first kappa shape index (κ1) is 18.6. The van der Waals surface area contributed by atoms with Crippen molar-refractivity contribution in [1.29, 1.82) is 0 Å². The van der Waals surface area contributed by atoms with Gasteiger partial charge in [-0.2, -0.15) is 0 Å². The van der Waals surface area contributed by atoms with Crippen molar-refractivity contribution in [2.45, 2.75) is 58.4 Å². The maximum atomic E-state index is 12.3. The minimum atomic E-state index is -4.72. The standard InChI is InChI=1S/C16H24F3NO2/c1-14(2,3)12-7-6-11(22-16(17,18)19)10-13(12)21-9-8-15(4,5)20/h6-7,10H,8-9,20H2,1-5H3. The van der Waals surface area contributed by atoms with Crippen LogP contribution in [-0.4, -0.2) is 18.5 Å². The average molecular weight is 319 g/mol. The molecule has 0 aliphatic carbocycles. The van der Waals surface area contributed by atoms with Crippen LogP contribution in [-0.2, 0) is 5.41 Å². The molecule has 2 N–H and O–H groups in total. The molecule has 3 nitrogen and oxygen atoms in total. The summed E-state index contributed by atoms with van der Waals surface area (Å²) in [6, 6.07) is 4.18. The Balaban J connectivity index is 3.00. The second-order valence-electron chi connectivity index (χ2n) is 7.04. The van der Waals surface area contributed by atoms with Crippen molar-refractivity contribution in [2.24, 2.45) is 5.73 Å². The Hall–Kier alpha value is -1.43. The summed E-state index contributed by atoms with van der Waals surface area (Å²) in [6.07, 6.45) is -4.14. The predicted molar refractivity (Wildman–Crippen MR) is 80.2 cm³/mol. The number of hydrogen-bond acceptors (Lipinski definition) is 3. The Morgan fingerprint density at radius 3 is 2.09 bits per heavy atom. The molecule has 22 heavy (non-hydrogen) atoms. The number of benzene rings is 1. The Labute approximate surface area is 129 Å². The number of halogens is 3.